The first-order valence-corrected chi connectivity index (χ1v) is 8.80. The highest BCUT2D eigenvalue weighted by atomic mass is 19.1. The maximum atomic E-state index is 13.7. The molecule has 0 radical (unpaired) electrons. The van der Waals surface area contributed by atoms with Crippen LogP contribution in [-0.4, -0.2) is 22.6 Å². The van der Waals surface area contributed by atoms with Gasteiger partial charge in [0.15, 0.2) is 0 Å². The second kappa shape index (κ2) is 8.43. The van der Waals surface area contributed by atoms with Gasteiger partial charge in [0.2, 0.25) is 5.95 Å². The maximum absolute atomic E-state index is 13.7. The summed E-state index contributed by atoms with van der Waals surface area (Å²) in [7, 11) is 0. The summed E-state index contributed by atoms with van der Waals surface area (Å²) in [6, 6.07) is 19.0. The van der Waals surface area contributed by atoms with Crippen molar-refractivity contribution in [2.24, 2.45) is 0 Å². The van der Waals surface area contributed by atoms with Gasteiger partial charge in [0, 0.05) is 24.2 Å². The number of hydrogen-bond acceptors (Lipinski definition) is 4. The van der Waals surface area contributed by atoms with Gasteiger partial charge in [-0.3, -0.25) is 0 Å². The first-order chi connectivity index (χ1) is 12.6. The molecule has 0 amide bonds. The summed E-state index contributed by atoms with van der Waals surface area (Å²) in [5.41, 5.74) is 2.55. The summed E-state index contributed by atoms with van der Waals surface area (Å²) in [5.74, 6) is 1.11. The van der Waals surface area contributed by atoms with E-state index in [2.05, 4.69) is 34.4 Å². The Bertz CT molecular complexity index is 850. The zero-order chi connectivity index (χ0) is 18.4. The second-order valence-electron chi connectivity index (χ2n) is 6.40. The molecule has 1 heterocycles. The van der Waals surface area contributed by atoms with Gasteiger partial charge in [-0.15, -0.1) is 0 Å². The first kappa shape index (κ1) is 17.9. The summed E-state index contributed by atoms with van der Waals surface area (Å²) in [6.07, 6.45) is 0.568. The van der Waals surface area contributed by atoms with E-state index in [1.165, 1.54) is 6.07 Å². The molecule has 4 nitrogen and oxygen atoms in total. The summed E-state index contributed by atoms with van der Waals surface area (Å²) >= 11 is 0. The summed E-state index contributed by atoms with van der Waals surface area (Å²) in [4.78, 5) is 9.13. The predicted octanol–water partition coefficient (Wildman–Crippen LogP) is 4.76. The van der Waals surface area contributed by atoms with Crippen molar-refractivity contribution < 1.29 is 4.39 Å². The fraction of sp³-hybridized carbons (Fsp3) is 0.238. The monoisotopic (exact) mass is 350 g/mol. The van der Waals surface area contributed by atoms with Crippen LogP contribution >= 0.6 is 0 Å². The molecule has 2 N–H and O–H groups in total. The number of hydrogen-bond donors (Lipinski definition) is 2. The van der Waals surface area contributed by atoms with Gasteiger partial charge in [0.25, 0.3) is 0 Å². The lowest BCUT2D eigenvalue weighted by molar-refractivity contribution is 0.610. The minimum atomic E-state index is -0.185. The molecule has 0 aliphatic carbocycles. The molecule has 0 saturated carbocycles. The molecular formula is C21H23FN4. The summed E-state index contributed by atoms with van der Waals surface area (Å²) in [5, 5.41) is 6.54. The minimum absolute atomic E-state index is 0.185. The number of benzene rings is 2. The lowest BCUT2D eigenvalue weighted by Crippen LogP contribution is -2.14. The smallest absolute Gasteiger partial charge is 0.225 e. The van der Waals surface area contributed by atoms with Crippen molar-refractivity contribution in [2.45, 2.75) is 26.3 Å². The van der Waals surface area contributed by atoms with Gasteiger partial charge in [-0.05, 0) is 31.9 Å². The highest BCUT2D eigenvalue weighted by Crippen LogP contribution is 2.21. The number of halogens is 1. The van der Waals surface area contributed by atoms with E-state index in [4.69, 9.17) is 0 Å². The largest absolute Gasteiger partial charge is 0.368 e. The number of anilines is 2. The van der Waals surface area contributed by atoms with Crippen LogP contribution < -0.4 is 10.6 Å². The predicted molar refractivity (Wildman–Crippen MR) is 105 cm³/mol. The van der Waals surface area contributed by atoms with Crippen molar-refractivity contribution in [3.05, 3.63) is 72.0 Å². The molecule has 0 spiro atoms. The van der Waals surface area contributed by atoms with E-state index in [0.717, 1.165) is 17.1 Å². The van der Waals surface area contributed by atoms with E-state index < -0.39 is 0 Å². The van der Waals surface area contributed by atoms with Crippen LogP contribution in [-0.2, 0) is 6.42 Å². The minimum Gasteiger partial charge on any atom is -0.368 e. The quantitative estimate of drug-likeness (QED) is 0.645. The topological polar surface area (TPSA) is 49.8 Å². The summed E-state index contributed by atoms with van der Waals surface area (Å²) < 4.78 is 13.7. The molecule has 0 fully saturated rings. The number of nitrogens with zero attached hydrogens (tertiary/aromatic N) is 2. The first-order valence-electron chi connectivity index (χ1n) is 8.80. The van der Waals surface area contributed by atoms with Gasteiger partial charge < -0.3 is 10.6 Å². The molecular weight excluding hydrogens is 327 g/mol. The van der Waals surface area contributed by atoms with Crippen molar-refractivity contribution in [2.75, 3.05) is 17.2 Å². The van der Waals surface area contributed by atoms with E-state index in [1.807, 2.05) is 42.5 Å². The second-order valence-corrected chi connectivity index (χ2v) is 6.40. The number of aromatic nitrogens is 2. The highest BCUT2D eigenvalue weighted by Gasteiger charge is 2.08. The normalized spacial score (nSPS) is 10.8. The Hall–Kier alpha value is -2.95. The average molecular weight is 350 g/mol. The van der Waals surface area contributed by atoms with Crippen molar-refractivity contribution in [3.63, 3.8) is 0 Å². The van der Waals surface area contributed by atoms with Crippen LogP contribution in [0, 0.1) is 5.82 Å². The van der Waals surface area contributed by atoms with Gasteiger partial charge in [-0.1, -0.05) is 48.5 Å². The molecule has 1 aromatic heterocycles. The van der Waals surface area contributed by atoms with Crippen LogP contribution in [0.4, 0.5) is 16.2 Å². The van der Waals surface area contributed by atoms with Gasteiger partial charge in [0.1, 0.15) is 11.6 Å². The van der Waals surface area contributed by atoms with Crippen molar-refractivity contribution >= 4 is 11.8 Å². The number of nitrogens with one attached hydrogen (secondary N) is 2. The maximum Gasteiger partial charge on any atom is 0.225 e. The highest BCUT2D eigenvalue weighted by molar-refractivity contribution is 5.64. The van der Waals surface area contributed by atoms with E-state index in [1.54, 1.807) is 12.1 Å². The molecule has 0 saturated heterocycles. The standard InChI is InChI=1S/C21H23FN4/c1-15(2)24-20-14-19(17-9-4-3-5-10-17)25-21(26-20)23-13-12-16-8-6-7-11-18(16)22/h3-11,14-15H,12-13H2,1-2H3,(H2,23,24,25,26). The van der Waals surface area contributed by atoms with E-state index in [0.29, 0.717) is 24.5 Å². The van der Waals surface area contributed by atoms with Crippen LogP contribution in [0.1, 0.15) is 19.4 Å². The Kier molecular flexibility index (Phi) is 5.79. The third-order valence-corrected chi connectivity index (χ3v) is 3.87. The molecule has 0 aliphatic heterocycles. The Morgan fingerprint density at radius 2 is 1.69 bits per heavy atom. The van der Waals surface area contributed by atoms with Crippen LogP contribution in [0.2, 0.25) is 0 Å². The van der Waals surface area contributed by atoms with E-state index >= 15 is 0 Å². The fourth-order valence-electron chi connectivity index (χ4n) is 2.66. The zero-order valence-corrected chi connectivity index (χ0v) is 15.0. The van der Waals surface area contributed by atoms with Crippen molar-refractivity contribution in [1.82, 2.24) is 9.97 Å². The van der Waals surface area contributed by atoms with Crippen LogP contribution in [0.5, 0.6) is 0 Å². The average Bonchev–Trinajstić information content (AvgIpc) is 2.63. The van der Waals surface area contributed by atoms with Crippen LogP contribution in [0.15, 0.2) is 60.7 Å². The molecule has 134 valence electrons. The molecule has 2 aromatic carbocycles. The Morgan fingerprint density at radius 3 is 2.42 bits per heavy atom. The van der Waals surface area contributed by atoms with Crippen LogP contribution in [0.25, 0.3) is 11.3 Å². The van der Waals surface area contributed by atoms with Gasteiger partial charge >= 0.3 is 0 Å². The van der Waals surface area contributed by atoms with E-state index in [9.17, 15) is 4.39 Å². The molecule has 3 aromatic rings. The Balaban J connectivity index is 1.78. The Labute approximate surface area is 153 Å². The number of rotatable bonds is 7. The third kappa shape index (κ3) is 4.79. The fourth-order valence-corrected chi connectivity index (χ4v) is 2.66. The molecule has 0 bridgehead atoms. The molecule has 5 heteroatoms. The van der Waals surface area contributed by atoms with Crippen molar-refractivity contribution in [3.8, 4) is 11.3 Å². The molecule has 0 aliphatic rings. The third-order valence-electron chi connectivity index (χ3n) is 3.87. The van der Waals surface area contributed by atoms with Gasteiger partial charge in [-0.25, -0.2) is 9.37 Å². The summed E-state index contributed by atoms with van der Waals surface area (Å²) in [6.45, 7) is 4.69. The van der Waals surface area contributed by atoms with Gasteiger partial charge in [0.05, 0.1) is 5.69 Å². The van der Waals surface area contributed by atoms with Crippen molar-refractivity contribution in [1.29, 1.82) is 0 Å². The van der Waals surface area contributed by atoms with Crippen LogP contribution in [0.3, 0.4) is 0 Å². The molecule has 3 rings (SSSR count). The molecule has 0 unspecified atom stereocenters. The zero-order valence-electron chi connectivity index (χ0n) is 15.0. The van der Waals surface area contributed by atoms with E-state index in [-0.39, 0.29) is 11.9 Å². The lowest BCUT2D eigenvalue weighted by Gasteiger charge is -2.13. The lowest BCUT2D eigenvalue weighted by atomic mass is 10.1. The molecule has 0 atom stereocenters. The van der Waals surface area contributed by atoms with Gasteiger partial charge in [-0.2, -0.15) is 4.98 Å². The molecule has 26 heavy (non-hydrogen) atoms. The SMILES string of the molecule is CC(C)Nc1cc(-c2ccccc2)nc(NCCc2ccccc2F)n1. The Morgan fingerprint density at radius 1 is 0.962 bits per heavy atom.